The van der Waals surface area contributed by atoms with Gasteiger partial charge < -0.3 is 14.6 Å². The summed E-state index contributed by atoms with van der Waals surface area (Å²) < 4.78 is 5.87. The first-order chi connectivity index (χ1) is 11.5. The number of nitrogens with zero attached hydrogens (tertiary/aromatic N) is 1. The second-order valence-electron chi connectivity index (χ2n) is 4.84. The van der Waals surface area contributed by atoms with Crippen molar-refractivity contribution >= 4 is 46.3 Å². The standard InChI is InChI=1S/C17H15NO4S2/c1-2-10-22-13-7-4-3-6-12(13)11-14-16(21)18(17(23)24-14)9-5-8-15(19)20/h1,3-4,6-7,11H,5,8-10H2,(H,19,20)/p-1/b14-11+. The summed E-state index contributed by atoms with van der Waals surface area (Å²) in [5.74, 6) is 1.59. The summed E-state index contributed by atoms with van der Waals surface area (Å²) in [6.45, 7) is 0.389. The summed E-state index contributed by atoms with van der Waals surface area (Å²) >= 11 is 6.38. The highest BCUT2D eigenvalue weighted by Crippen LogP contribution is 2.34. The number of hydrogen-bond donors (Lipinski definition) is 0. The van der Waals surface area contributed by atoms with Crippen molar-refractivity contribution < 1.29 is 19.4 Å². The molecule has 0 N–H and O–H groups in total. The number of ether oxygens (including phenoxy) is 1. The van der Waals surface area contributed by atoms with E-state index in [0.717, 1.165) is 5.56 Å². The topological polar surface area (TPSA) is 69.7 Å². The van der Waals surface area contributed by atoms with Crippen LogP contribution in [0, 0.1) is 12.3 Å². The molecule has 7 heteroatoms. The van der Waals surface area contributed by atoms with Gasteiger partial charge in [-0.2, -0.15) is 0 Å². The van der Waals surface area contributed by atoms with Crippen LogP contribution in [-0.2, 0) is 9.59 Å². The molecule has 1 saturated heterocycles. The van der Waals surface area contributed by atoms with Crippen molar-refractivity contribution in [2.45, 2.75) is 12.8 Å². The van der Waals surface area contributed by atoms with Gasteiger partial charge in [0.25, 0.3) is 5.91 Å². The maximum absolute atomic E-state index is 12.4. The Bertz CT molecular complexity index is 736. The Morgan fingerprint density at radius 3 is 2.92 bits per heavy atom. The summed E-state index contributed by atoms with van der Waals surface area (Å²) in [7, 11) is 0. The third-order valence-electron chi connectivity index (χ3n) is 3.15. The number of hydrogen-bond acceptors (Lipinski definition) is 6. The van der Waals surface area contributed by atoms with Crippen molar-refractivity contribution in [3.63, 3.8) is 0 Å². The summed E-state index contributed by atoms with van der Waals surface area (Å²) in [5.41, 5.74) is 0.725. The Morgan fingerprint density at radius 1 is 1.46 bits per heavy atom. The zero-order valence-corrected chi connectivity index (χ0v) is 14.3. The molecule has 0 aromatic heterocycles. The van der Waals surface area contributed by atoms with Crippen LogP contribution in [0.5, 0.6) is 5.75 Å². The van der Waals surface area contributed by atoms with E-state index in [1.54, 1.807) is 12.1 Å². The van der Waals surface area contributed by atoms with Crippen LogP contribution < -0.4 is 9.84 Å². The van der Waals surface area contributed by atoms with Gasteiger partial charge in [-0.3, -0.25) is 9.69 Å². The van der Waals surface area contributed by atoms with E-state index in [2.05, 4.69) is 5.92 Å². The molecule has 124 valence electrons. The molecular formula is C17H14NO4S2-. The molecule has 0 spiro atoms. The van der Waals surface area contributed by atoms with Gasteiger partial charge in [-0.15, -0.1) is 6.42 Å². The second-order valence-corrected chi connectivity index (χ2v) is 6.52. The van der Waals surface area contributed by atoms with E-state index >= 15 is 0 Å². The highest BCUT2D eigenvalue weighted by Gasteiger charge is 2.31. The van der Waals surface area contributed by atoms with Crippen molar-refractivity contribution in [3.8, 4) is 18.1 Å². The smallest absolute Gasteiger partial charge is 0.266 e. The van der Waals surface area contributed by atoms with Gasteiger partial charge in [-0.05, 0) is 25.0 Å². The molecule has 1 aliphatic heterocycles. The Kier molecular flexibility index (Phi) is 6.41. The molecule has 1 aromatic carbocycles. The monoisotopic (exact) mass is 360 g/mol. The Labute approximate surface area is 149 Å². The summed E-state index contributed by atoms with van der Waals surface area (Å²) in [6.07, 6.45) is 7.08. The molecule has 2 rings (SSSR count). The van der Waals surface area contributed by atoms with E-state index in [9.17, 15) is 14.7 Å². The first kappa shape index (κ1) is 18.0. The number of carbonyl (C=O) groups is 2. The fraction of sp³-hybridized carbons (Fsp3) is 0.235. The molecular weight excluding hydrogens is 346 g/mol. The van der Waals surface area contributed by atoms with Gasteiger partial charge in [0.1, 0.15) is 16.7 Å². The molecule has 1 amide bonds. The molecule has 0 aliphatic carbocycles. The van der Waals surface area contributed by atoms with Crippen molar-refractivity contribution in [1.29, 1.82) is 0 Å². The summed E-state index contributed by atoms with van der Waals surface area (Å²) in [5, 5.41) is 10.5. The molecule has 1 heterocycles. The van der Waals surface area contributed by atoms with Gasteiger partial charge >= 0.3 is 0 Å². The average molecular weight is 360 g/mol. The molecule has 0 saturated carbocycles. The number of carboxylic acid groups (broad SMARTS) is 1. The van der Waals surface area contributed by atoms with Gasteiger partial charge in [0.15, 0.2) is 0 Å². The lowest BCUT2D eigenvalue weighted by molar-refractivity contribution is -0.305. The normalized spacial score (nSPS) is 15.6. The fourth-order valence-corrected chi connectivity index (χ4v) is 3.37. The van der Waals surface area contributed by atoms with E-state index in [0.29, 0.717) is 21.4 Å². The minimum Gasteiger partial charge on any atom is -0.550 e. The van der Waals surface area contributed by atoms with Crippen molar-refractivity contribution in [3.05, 3.63) is 34.7 Å². The molecule has 1 fully saturated rings. The van der Waals surface area contributed by atoms with Crippen LogP contribution >= 0.6 is 24.0 Å². The quantitative estimate of drug-likeness (QED) is 0.416. The molecule has 1 aromatic rings. The third kappa shape index (κ3) is 4.60. The Balaban J connectivity index is 2.14. The van der Waals surface area contributed by atoms with Crippen molar-refractivity contribution in [1.82, 2.24) is 4.90 Å². The van der Waals surface area contributed by atoms with E-state index in [4.69, 9.17) is 23.4 Å². The fourth-order valence-electron chi connectivity index (χ4n) is 2.07. The van der Waals surface area contributed by atoms with Gasteiger partial charge in [0, 0.05) is 18.1 Å². The van der Waals surface area contributed by atoms with E-state index in [-0.39, 0.29) is 25.5 Å². The predicted octanol–water partition coefficient (Wildman–Crippen LogP) is 1.43. The number of thioether (sulfide) groups is 1. The first-order valence-corrected chi connectivity index (χ1v) is 8.36. The molecule has 0 bridgehead atoms. The van der Waals surface area contributed by atoms with E-state index < -0.39 is 5.97 Å². The number of rotatable bonds is 7. The number of para-hydroxylation sites is 1. The van der Waals surface area contributed by atoms with Crippen molar-refractivity contribution in [2.75, 3.05) is 13.2 Å². The highest BCUT2D eigenvalue weighted by molar-refractivity contribution is 8.26. The van der Waals surface area contributed by atoms with Crippen LogP contribution in [0.15, 0.2) is 29.2 Å². The van der Waals surface area contributed by atoms with Crippen LogP contribution in [0.2, 0.25) is 0 Å². The Hall–Kier alpha value is -2.30. The van der Waals surface area contributed by atoms with Crippen LogP contribution in [0.3, 0.4) is 0 Å². The number of benzene rings is 1. The average Bonchev–Trinajstić information content (AvgIpc) is 2.81. The highest BCUT2D eigenvalue weighted by atomic mass is 32.2. The first-order valence-electron chi connectivity index (χ1n) is 7.13. The van der Waals surface area contributed by atoms with Gasteiger partial charge in [-0.1, -0.05) is 48.1 Å². The number of amides is 1. The second kappa shape index (κ2) is 8.52. The maximum atomic E-state index is 12.4. The molecule has 0 unspecified atom stereocenters. The van der Waals surface area contributed by atoms with Gasteiger partial charge in [0.05, 0.1) is 4.91 Å². The Morgan fingerprint density at radius 2 is 2.21 bits per heavy atom. The van der Waals surface area contributed by atoms with Crippen LogP contribution in [0.25, 0.3) is 6.08 Å². The SMILES string of the molecule is C#CCOc1ccccc1/C=C1/SC(=S)N(CCCC(=O)[O-])C1=O. The minimum absolute atomic E-state index is 0.112. The van der Waals surface area contributed by atoms with Crippen LogP contribution in [0.1, 0.15) is 18.4 Å². The lowest BCUT2D eigenvalue weighted by Gasteiger charge is -2.14. The van der Waals surface area contributed by atoms with Crippen molar-refractivity contribution in [2.24, 2.45) is 0 Å². The van der Waals surface area contributed by atoms with Crippen LogP contribution in [0.4, 0.5) is 0 Å². The number of terminal acetylenes is 1. The number of thiocarbonyl (C=S) groups is 1. The molecule has 0 atom stereocenters. The van der Waals surface area contributed by atoms with Gasteiger partial charge in [-0.25, -0.2) is 0 Å². The van der Waals surface area contributed by atoms with Gasteiger partial charge in [0.2, 0.25) is 0 Å². The minimum atomic E-state index is -1.14. The number of carboxylic acids is 1. The summed E-state index contributed by atoms with van der Waals surface area (Å²) in [4.78, 5) is 24.8. The summed E-state index contributed by atoms with van der Waals surface area (Å²) in [6, 6.07) is 7.22. The third-order valence-corrected chi connectivity index (χ3v) is 4.53. The lowest BCUT2D eigenvalue weighted by atomic mass is 10.2. The van der Waals surface area contributed by atoms with E-state index in [1.807, 2.05) is 18.2 Å². The zero-order chi connectivity index (χ0) is 17.5. The number of carbonyl (C=O) groups excluding carboxylic acids is 2. The van der Waals surface area contributed by atoms with Crippen LogP contribution in [-0.4, -0.2) is 34.2 Å². The zero-order valence-electron chi connectivity index (χ0n) is 12.7. The van der Waals surface area contributed by atoms with E-state index in [1.165, 1.54) is 16.7 Å². The lowest BCUT2D eigenvalue weighted by Crippen LogP contribution is -2.30. The molecule has 24 heavy (non-hydrogen) atoms. The molecule has 1 aliphatic rings. The number of aliphatic carboxylic acids is 1. The molecule has 0 radical (unpaired) electrons. The largest absolute Gasteiger partial charge is 0.550 e. The predicted molar refractivity (Wildman–Crippen MR) is 94.9 cm³/mol. The maximum Gasteiger partial charge on any atom is 0.266 e. The molecule has 5 nitrogen and oxygen atoms in total.